The molecule has 0 fully saturated rings. The number of halogens is 1. The zero-order valence-corrected chi connectivity index (χ0v) is 18.3. The summed E-state index contributed by atoms with van der Waals surface area (Å²) < 4.78 is 14.1. The molecule has 7 nitrogen and oxygen atoms in total. The highest BCUT2D eigenvalue weighted by Crippen LogP contribution is 2.33. The maximum Gasteiger partial charge on any atom is 0.423 e. The van der Waals surface area contributed by atoms with Gasteiger partial charge in [-0.1, -0.05) is 41.9 Å². The number of nitrogens with zero attached hydrogens (tertiary/aromatic N) is 3. The fraction of sp³-hybridized carbons (Fsp3) is 0.125. The van der Waals surface area contributed by atoms with Gasteiger partial charge in [0.15, 0.2) is 11.5 Å². The SMILES string of the molecule is COc1cc2c(cc1OC)n(Cc1cccc(Cl)c1)c(=O)n1nc(-c3ccccc3)[nH+]c21. The lowest BCUT2D eigenvalue weighted by atomic mass is 10.1. The Morgan fingerprint density at radius 2 is 1.72 bits per heavy atom. The third-order valence-electron chi connectivity index (χ3n) is 5.39. The van der Waals surface area contributed by atoms with E-state index in [2.05, 4.69) is 10.1 Å². The smallest absolute Gasteiger partial charge is 0.423 e. The quantitative estimate of drug-likeness (QED) is 0.410. The number of aromatic nitrogens is 4. The number of hydrogen-bond acceptors (Lipinski definition) is 4. The molecular weight excluding hydrogens is 428 g/mol. The molecule has 0 saturated carbocycles. The van der Waals surface area contributed by atoms with Crippen LogP contribution in [-0.2, 0) is 6.54 Å². The molecule has 0 atom stereocenters. The lowest BCUT2D eigenvalue weighted by Gasteiger charge is -2.13. The predicted octanol–water partition coefficient (Wildman–Crippen LogP) is 3.85. The summed E-state index contributed by atoms with van der Waals surface area (Å²) in [5, 5.41) is 5.97. The standard InChI is InChI=1S/C24H19ClN4O3/c1-31-20-12-18-19(13-21(20)32-2)28(14-15-7-6-10-17(25)11-15)24(30)29-23(18)26-22(27-29)16-8-4-3-5-9-16/h3-13H,14H2,1-2H3/p+1. The van der Waals surface area contributed by atoms with E-state index in [1.807, 2.05) is 60.7 Å². The van der Waals surface area contributed by atoms with Crippen molar-refractivity contribution in [1.82, 2.24) is 14.2 Å². The first-order chi connectivity index (χ1) is 15.6. The molecule has 0 saturated heterocycles. The second-order valence-corrected chi connectivity index (χ2v) is 7.76. The normalized spacial score (nSPS) is 11.2. The maximum absolute atomic E-state index is 13.6. The summed E-state index contributed by atoms with van der Waals surface area (Å²) in [5.41, 5.74) is 2.77. The fourth-order valence-corrected chi connectivity index (χ4v) is 4.07. The first-order valence-electron chi connectivity index (χ1n) is 9.99. The van der Waals surface area contributed by atoms with Gasteiger partial charge < -0.3 is 9.47 Å². The Bertz CT molecular complexity index is 1510. The minimum atomic E-state index is -0.280. The Labute approximate surface area is 188 Å². The van der Waals surface area contributed by atoms with Crippen molar-refractivity contribution >= 4 is 28.2 Å². The average molecular weight is 448 g/mol. The molecule has 0 unspecified atom stereocenters. The molecule has 5 aromatic rings. The molecule has 0 radical (unpaired) electrons. The molecule has 0 aliphatic carbocycles. The van der Waals surface area contributed by atoms with E-state index in [0.717, 1.165) is 16.5 Å². The fourth-order valence-electron chi connectivity index (χ4n) is 3.86. The summed E-state index contributed by atoms with van der Waals surface area (Å²) in [7, 11) is 3.15. The van der Waals surface area contributed by atoms with Crippen LogP contribution in [0.5, 0.6) is 11.5 Å². The molecule has 160 valence electrons. The summed E-state index contributed by atoms with van der Waals surface area (Å²) in [4.78, 5) is 16.9. The number of rotatable bonds is 5. The molecule has 8 heteroatoms. The van der Waals surface area contributed by atoms with E-state index in [4.69, 9.17) is 21.1 Å². The van der Waals surface area contributed by atoms with Crippen molar-refractivity contribution in [3.63, 3.8) is 0 Å². The van der Waals surface area contributed by atoms with E-state index in [1.165, 1.54) is 4.52 Å². The predicted molar refractivity (Wildman–Crippen MR) is 123 cm³/mol. The van der Waals surface area contributed by atoms with Gasteiger partial charge in [-0.25, -0.2) is 9.78 Å². The molecule has 2 aromatic heterocycles. The Kier molecular flexibility index (Phi) is 5.03. The van der Waals surface area contributed by atoms with Crippen molar-refractivity contribution in [2.24, 2.45) is 0 Å². The van der Waals surface area contributed by atoms with E-state index in [9.17, 15) is 4.79 Å². The number of hydrogen-bond donors (Lipinski definition) is 0. The molecule has 0 aliphatic heterocycles. The second-order valence-electron chi connectivity index (χ2n) is 7.32. The summed E-state index contributed by atoms with van der Waals surface area (Å²) in [6.07, 6.45) is 0. The lowest BCUT2D eigenvalue weighted by Crippen LogP contribution is -2.29. The van der Waals surface area contributed by atoms with Crippen LogP contribution in [0.15, 0.2) is 71.5 Å². The van der Waals surface area contributed by atoms with Crippen LogP contribution in [0.4, 0.5) is 0 Å². The van der Waals surface area contributed by atoms with Gasteiger partial charge in [-0.15, -0.1) is 0 Å². The molecule has 0 amide bonds. The molecule has 3 aromatic carbocycles. The van der Waals surface area contributed by atoms with Crippen molar-refractivity contribution in [2.75, 3.05) is 14.2 Å². The van der Waals surface area contributed by atoms with Crippen LogP contribution in [0.2, 0.25) is 5.02 Å². The summed E-state index contributed by atoms with van der Waals surface area (Å²) in [6, 6.07) is 20.8. The minimum Gasteiger partial charge on any atom is -0.493 e. The third-order valence-corrected chi connectivity index (χ3v) is 5.62. The molecule has 5 rings (SSSR count). The number of benzene rings is 3. The van der Waals surface area contributed by atoms with E-state index in [1.54, 1.807) is 24.9 Å². The van der Waals surface area contributed by atoms with Gasteiger partial charge in [-0.3, -0.25) is 4.57 Å². The third kappa shape index (κ3) is 3.36. The molecule has 1 N–H and O–H groups in total. The van der Waals surface area contributed by atoms with Crippen LogP contribution in [0.25, 0.3) is 27.9 Å². The summed E-state index contributed by atoms with van der Waals surface area (Å²) >= 11 is 6.18. The monoisotopic (exact) mass is 447 g/mol. The highest BCUT2D eigenvalue weighted by Gasteiger charge is 2.24. The molecular formula is C24H20ClN4O3+. The van der Waals surface area contributed by atoms with Crippen molar-refractivity contribution < 1.29 is 14.5 Å². The second kappa shape index (κ2) is 8.01. The topological polar surface area (TPSA) is 71.9 Å². The highest BCUT2D eigenvalue weighted by molar-refractivity contribution is 6.30. The first kappa shape index (κ1) is 20.1. The van der Waals surface area contributed by atoms with Gasteiger partial charge in [-0.2, -0.15) is 0 Å². The highest BCUT2D eigenvalue weighted by atomic mass is 35.5. The van der Waals surface area contributed by atoms with Crippen molar-refractivity contribution in [3.05, 3.63) is 87.8 Å². The maximum atomic E-state index is 13.6. The number of H-pyrrole nitrogens is 1. The van der Waals surface area contributed by atoms with Gasteiger partial charge in [0.05, 0.1) is 42.3 Å². The average Bonchev–Trinajstić information content (AvgIpc) is 3.27. The Hall–Kier alpha value is -3.84. The zero-order chi connectivity index (χ0) is 22.2. The van der Waals surface area contributed by atoms with Gasteiger partial charge in [0.2, 0.25) is 0 Å². The van der Waals surface area contributed by atoms with Crippen molar-refractivity contribution in [3.8, 4) is 22.9 Å². The number of nitrogens with one attached hydrogen (secondary N) is 1. The van der Waals surface area contributed by atoms with Crippen LogP contribution in [0, 0.1) is 0 Å². The summed E-state index contributed by atoms with van der Waals surface area (Å²) in [5.74, 6) is 1.69. The van der Waals surface area contributed by atoms with E-state index in [0.29, 0.717) is 40.1 Å². The van der Waals surface area contributed by atoms with Crippen LogP contribution in [0.1, 0.15) is 5.56 Å². The van der Waals surface area contributed by atoms with E-state index >= 15 is 0 Å². The van der Waals surface area contributed by atoms with Crippen LogP contribution < -0.4 is 20.1 Å². The first-order valence-corrected chi connectivity index (χ1v) is 10.4. The van der Waals surface area contributed by atoms with Gasteiger partial charge >= 0.3 is 11.5 Å². The van der Waals surface area contributed by atoms with Crippen molar-refractivity contribution in [1.29, 1.82) is 0 Å². The van der Waals surface area contributed by atoms with Gasteiger partial charge in [0, 0.05) is 17.2 Å². The Morgan fingerprint density at radius 1 is 0.969 bits per heavy atom. The van der Waals surface area contributed by atoms with Crippen LogP contribution in [0.3, 0.4) is 0 Å². The molecule has 0 spiro atoms. The van der Waals surface area contributed by atoms with Crippen molar-refractivity contribution in [2.45, 2.75) is 6.54 Å². The van der Waals surface area contributed by atoms with E-state index in [-0.39, 0.29) is 5.69 Å². The van der Waals surface area contributed by atoms with Gasteiger partial charge in [0.25, 0.3) is 5.65 Å². The Morgan fingerprint density at radius 3 is 2.44 bits per heavy atom. The summed E-state index contributed by atoms with van der Waals surface area (Å²) in [6.45, 7) is 0.321. The largest absolute Gasteiger partial charge is 0.493 e. The van der Waals surface area contributed by atoms with E-state index < -0.39 is 0 Å². The zero-order valence-electron chi connectivity index (χ0n) is 17.5. The Balaban J connectivity index is 1.84. The minimum absolute atomic E-state index is 0.280. The number of methoxy groups -OCH3 is 2. The lowest BCUT2D eigenvalue weighted by molar-refractivity contribution is -0.331. The molecule has 0 bridgehead atoms. The number of ether oxygens (including phenoxy) is 2. The number of fused-ring (bicyclic) bond motifs is 3. The molecule has 32 heavy (non-hydrogen) atoms. The molecule has 2 heterocycles. The van der Waals surface area contributed by atoms with Gasteiger partial charge in [0.1, 0.15) is 0 Å². The molecule has 0 aliphatic rings. The van der Waals surface area contributed by atoms with Gasteiger partial charge in [-0.05, 0) is 34.3 Å². The number of aromatic amines is 1. The van der Waals surface area contributed by atoms with Crippen LogP contribution in [-0.4, -0.2) is 28.4 Å². The van der Waals surface area contributed by atoms with Crippen LogP contribution >= 0.6 is 11.6 Å².